The van der Waals surface area contributed by atoms with Gasteiger partial charge in [0, 0.05) is 23.2 Å². The molecule has 33 heavy (non-hydrogen) atoms. The second-order valence-corrected chi connectivity index (χ2v) is 10.8. The summed E-state index contributed by atoms with van der Waals surface area (Å²) >= 11 is 0. The number of carbonyl (C=O) groups excluding carboxylic acids is 3. The number of rotatable bonds is 14. The molecule has 10 heteroatoms. The van der Waals surface area contributed by atoms with E-state index in [1.807, 2.05) is 35.2 Å². The minimum Gasteiger partial charge on any atom is -0.550 e. The molecule has 0 radical (unpaired) electrons. The van der Waals surface area contributed by atoms with Gasteiger partial charge in [0.15, 0.2) is 12.8 Å². The predicted molar refractivity (Wildman–Crippen MR) is 126 cm³/mol. The molecular formula is C23H49N4NaO5. The van der Waals surface area contributed by atoms with E-state index in [0.717, 1.165) is 0 Å². The van der Waals surface area contributed by atoms with Crippen LogP contribution in [0.4, 0.5) is 0 Å². The Hall–Kier alpha value is -0.710. The van der Waals surface area contributed by atoms with Crippen LogP contribution in [0.5, 0.6) is 0 Å². The van der Waals surface area contributed by atoms with Crippen LogP contribution in [0.2, 0.25) is 0 Å². The van der Waals surface area contributed by atoms with E-state index in [-0.39, 0.29) is 63.2 Å². The second kappa shape index (κ2) is 16.1. The largest absolute Gasteiger partial charge is 1.00 e. The molecule has 0 bridgehead atoms. The molecular weight excluding hydrogens is 435 g/mol. The van der Waals surface area contributed by atoms with Gasteiger partial charge in [-0.3, -0.25) is 9.59 Å². The van der Waals surface area contributed by atoms with Crippen LogP contribution in [-0.2, 0) is 14.4 Å². The average molecular weight is 485 g/mol. The average Bonchev–Trinajstić information content (AvgIpc) is 2.53. The zero-order valence-electron chi connectivity index (χ0n) is 23.0. The molecule has 3 unspecified atom stereocenters. The zero-order chi connectivity index (χ0) is 23.9. The normalized spacial score (nSPS) is 14.5. The van der Waals surface area contributed by atoms with Gasteiger partial charge >= 0.3 is 29.6 Å². The fraction of sp³-hybridized carbons (Fsp3) is 0.783. The van der Waals surface area contributed by atoms with Crippen molar-refractivity contribution in [3.63, 3.8) is 0 Å². The fourth-order valence-corrected chi connectivity index (χ4v) is 3.65. The molecule has 0 aliphatic carbocycles. The third-order valence-corrected chi connectivity index (χ3v) is 5.30. The SMILES string of the molecule is CCC(CC(CC(C)(C)C(=O)NC[N+](C)(C)CC(O)C[N+](C)(C)C)C(=O)[O-])C(N)=O.[CH3-].[CH3-].[Na+]. The Bertz CT molecular complexity index is 606. The number of nitrogens with two attached hydrogens (primary N) is 1. The number of likely N-dealkylation sites (N-methyl/N-ethyl adjacent to an activating group) is 2. The summed E-state index contributed by atoms with van der Waals surface area (Å²) in [5, 5.41) is 24.8. The smallest absolute Gasteiger partial charge is 0.550 e. The van der Waals surface area contributed by atoms with Gasteiger partial charge in [-0.05, 0) is 19.3 Å². The molecule has 0 saturated carbocycles. The number of aliphatic hydroxyl groups is 1. The summed E-state index contributed by atoms with van der Waals surface area (Å²) in [5.74, 6) is -3.62. The van der Waals surface area contributed by atoms with Crippen molar-refractivity contribution in [2.24, 2.45) is 23.0 Å². The number of quaternary nitrogens is 2. The summed E-state index contributed by atoms with van der Waals surface area (Å²) in [4.78, 5) is 35.9. The minimum absolute atomic E-state index is 0. The molecule has 0 aromatic rings. The van der Waals surface area contributed by atoms with Gasteiger partial charge < -0.3 is 49.9 Å². The maximum atomic E-state index is 12.8. The van der Waals surface area contributed by atoms with E-state index < -0.39 is 35.2 Å². The van der Waals surface area contributed by atoms with Crippen molar-refractivity contribution in [2.75, 3.05) is 55.0 Å². The van der Waals surface area contributed by atoms with Crippen LogP contribution in [0.1, 0.15) is 40.0 Å². The van der Waals surface area contributed by atoms with Gasteiger partial charge in [0.1, 0.15) is 13.1 Å². The predicted octanol–water partition coefficient (Wildman–Crippen LogP) is -3.21. The quantitative estimate of drug-likeness (QED) is 0.103. The summed E-state index contributed by atoms with van der Waals surface area (Å²) < 4.78 is 1.02. The third-order valence-electron chi connectivity index (χ3n) is 5.30. The molecule has 0 rings (SSSR count). The van der Waals surface area contributed by atoms with E-state index in [2.05, 4.69) is 5.32 Å². The topological polar surface area (TPSA) is 133 Å². The van der Waals surface area contributed by atoms with Crippen LogP contribution in [-0.4, -0.2) is 93.0 Å². The Kier molecular flexibility index (Phi) is 19.2. The van der Waals surface area contributed by atoms with Gasteiger partial charge in [-0.2, -0.15) is 0 Å². The third kappa shape index (κ3) is 16.5. The Morgan fingerprint density at radius 1 is 1.03 bits per heavy atom. The molecule has 0 aliphatic heterocycles. The molecule has 192 valence electrons. The molecule has 2 amide bonds. The first-order valence-corrected chi connectivity index (χ1v) is 10.5. The molecule has 4 N–H and O–H groups in total. The first-order valence-electron chi connectivity index (χ1n) is 10.5. The first kappa shape index (κ1) is 39.5. The molecule has 3 atom stereocenters. The number of aliphatic carboxylic acids is 1. The number of hydrogen-bond acceptors (Lipinski definition) is 5. The number of carboxylic acid groups (broad SMARTS) is 1. The number of carbonyl (C=O) groups is 3. The molecule has 9 nitrogen and oxygen atoms in total. The molecule has 0 saturated heterocycles. The second-order valence-electron chi connectivity index (χ2n) is 10.8. The van der Waals surface area contributed by atoms with Crippen molar-refractivity contribution in [1.82, 2.24) is 5.32 Å². The van der Waals surface area contributed by atoms with Gasteiger partial charge in [-0.1, -0.05) is 20.8 Å². The molecule has 0 aliphatic rings. The Morgan fingerprint density at radius 2 is 1.52 bits per heavy atom. The molecule has 0 fully saturated rings. The van der Waals surface area contributed by atoms with E-state index in [4.69, 9.17) is 5.73 Å². The molecule has 0 heterocycles. The van der Waals surface area contributed by atoms with E-state index in [0.29, 0.717) is 35.1 Å². The van der Waals surface area contributed by atoms with Gasteiger partial charge in [-0.15, -0.1) is 0 Å². The molecule has 0 spiro atoms. The number of amides is 2. The monoisotopic (exact) mass is 484 g/mol. The fourth-order valence-electron chi connectivity index (χ4n) is 3.65. The van der Waals surface area contributed by atoms with E-state index >= 15 is 0 Å². The van der Waals surface area contributed by atoms with Gasteiger partial charge in [0.05, 0.1) is 35.2 Å². The summed E-state index contributed by atoms with van der Waals surface area (Å²) in [7, 11) is 9.83. The Balaban J connectivity index is -0.00000140. The van der Waals surface area contributed by atoms with Crippen molar-refractivity contribution >= 4 is 17.8 Å². The summed E-state index contributed by atoms with van der Waals surface area (Å²) in [6.07, 6.45) is 0.0197. The summed E-state index contributed by atoms with van der Waals surface area (Å²) in [5.41, 5.74) is 4.37. The number of primary amides is 1. The maximum Gasteiger partial charge on any atom is 1.00 e. The van der Waals surface area contributed by atoms with Crippen molar-refractivity contribution in [1.29, 1.82) is 0 Å². The number of hydrogen-bond donors (Lipinski definition) is 3. The number of nitrogens with one attached hydrogen (secondary N) is 1. The molecule has 0 aromatic carbocycles. The number of aliphatic hydroxyl groups excluding tert-OH is 1. The van der Waals surface area contributed by atoms with Crippen molar-refractivity contribution < 1.29 is 63.1 Å². The first-order chi connectivity index (χ1) is 13.4. The summed E-state index contributed by atoms with van der Waals surface area (Å²) in [6.45, 7) is 6.48. The maximum absolute atomic E-state index is 12.8. The minimum atomic E-state index is -1.28. The Labute approximate surface area is 224 Å². The zero-order valence-corrected chi connectivity index (χ0v) is 25.0. The van der Waals surface area contributed by atoms with Gasteiger partial charge in [-0.25, -0.2) is 0 Å². The van der Waals surface area contributed by atoms with Gasteiger partial charge in [0.2, 0.25) is 11.8 Å². The van der Waals surface area contributed by atoms with Crippen molar-refractivity contribution in [3.05, 3.63) is 14.9 Å². The molecule has 0 aromatic heterocycles. The van der Waals surface area contributed by atoms with E-state index in [1.54, 1.807) is 20.8 Å². The van der Waals surface area contributed by atoms with Crippen molar-refractivity contribution in [2.45, 2.75) is 46.1 Å². The Morgan fingerprint density at radius 3 is 1.88 bits per heavy atom. The van der Waals surface area contributed by atoms with Crippen LogP contribution in [0, 0.1) is 32.1 Å². The van der Waals surface area contributed by atoms with E-state index in [9.17, 15) is 24.6 Å². The van der Waals surface area contributed by atoms with Crippen LogP contribution >= 0.6 is 0 Å². The van der Waals surface area contributed by atoms with E-state index in [1.165, 1.54) is 0 Å². The van der Waals surface area contributed by atoms with Crippen LogP contribution in [0.15, 0.2) is 0 Å². The van der Waals surface area contributed by atoms with Crippen LogP contribution in [0.25, 0.3) is 0 Å². The number of carboxylic acids is 1. The van der Waals surface area contributed by atoms with Crippen LogP contribution in [0.3, 0.4) is 0 Å². The summed E-state index contributed by atoms with van der Waals surface area (Å²) in [6, 6.07) is 0. The standard InChI is InChI=1S/C21H42N4O5.2CH3.Na/c1-9-15(18(22)27)10-16(19(28)29)11-21(2,3)20(30)23-14-25(7,8)13-17(26)12-24(4,5)6;;;/h15-17,26H,9-14H2,1-8H3,(H2-2,22,23,27,28,29,30);2*1H3;/q;2*-1;+1/p+1. The van der Waals surface area contributed by atoms with Crippen LogP contribution < -0.4 is 45.7 Å². The van der Waals surface area contributed by atoms with Gasteiger partial charge in [0.25, 0.3) is 0 Å². The van der Waals surface area contributed by atoms with Crippen molar-refractivity contribution in [3.8, 4) is 0 Å². The number of nitrogens with zero attached hydrogens (tertiary/aromatic N) is 2.